The first-order valence-corrected chi connectivity index (χ1v) is 4.99. The number of hydrogen-bond donors (Lipinski definition) is 1. The van der Waals surface area contributed by atoms with Crippen LogP contribution in [0.5, 0.6) is 0 Å². The molecule has 2 aromatic rings. The van der Waals surface area contributed by atoms with Crippen molar-refractivity contribution in [2.45, 2.75) is 19.9 Å². The summed E-state index contributed by atoms with van der Waals surface area (Å²) in [7, 11) is 1.95. The van der Waals surface area contributed by atoms with Crippen LogP contribution in [0.25, 0.3) is 11.0 Å². The van der Waals surface area contributed by atoms with Gasteiger partial charge in [0.25, 0.3) is 0 Å². The van der Waals surface area contributed by atoms with Gasteiger partial charge in [-0.25, -0.2) is 0 Å². The van der Waals surface area contributed by atoms with E-state index in [1.54, 1.807) is 0 Å². The van der Waals surface area contributed by atoms with E-state index in [0.29, 0.717) is 0 Å². The van der Waals surface area contributed by atoms with Crippen molar-refractivity contribution in [2.75, 3.05) is 7.05 Å². The van der Waals surface area contributed by atoms with Crippen LogP contribution < -0.4 is 5.32 Å². The summed E-state index contributed by atoms with van der Waals surface area (Å²) in [5.41, 5.74) is 3.56. The topological polar surface area (TPSA) is 25.2 Å². The normalized spacial score (nSPS) is 11.0. The lowest BCUT2D eigenvalue weighted by atomic mass is 10.1. The number of nitrogens with one attached hydrogen (secondary N) is 1. The summed E-state index contributed by atoms with van der Waals surface area (Å²) >= 11 is 0. The summed E-state index contributed by atoms with van der Waals surface area (Å²) in [4.78, 5) is 0. The first-order chi connectivity index (χ1) is 6.86. The minimum absolute atomic E-state index is 0.861. The Balaban J connectivity index is 2.57. The maximum absolute atomic E-state index is 5.58. The molecule has 0 radical (unpaired) electrons. The summed E-state index contributed by atoms with van der Waals surface area (Å²) < 4.78 is 5.58. The SMILES string of the molecule is CCc1cccc2c(CNC)coc12. The molecule has 0 amide bonds. The van der Waals surface area contributed by atoms with E-state index in [0.717, 1.165) is 18.5 Å². The zero-order valence-electron chi connectivity index (χ0n) is 8.63. The monoisotopic (exact) mass is 189 g/mol. The molecule has 0 saturated heterocycles. The average Bonchev–Trinajstić information content (AvgIpc) is 2.62. The van der Waals surface area contributed by atoms with Crippen molar-refractivity contribution < 1.29 is 4.42 Å². The molecule has 1 aromatic carbocycles. The largest absolute Gasteiger partial charge is 0.464 e. The van der Waals surface area contributed by atoms with E-state index in [4.69, 9.17) is 4.42 Å². The van der Waals surface area contributed by atoms with E-state index in [2.05, 4.69) is 30.4 Å². The molecule has 0 unspecified atom stereocenters. The summed E-state index contributed by atoms with van der Waals surface area (Å²) in [6.45, 7) is 3.01. The van der Waals surface area contributed by atoms with Crippen LogP contribution in [0.2, 0.25) is 0 Å². The van der Waals surface area contributed by atoms with Crippen molar-refractivity contribution in [3.05, 3.63) is 35.6 Å². The third-order valence-electron chi connectivity index (χ3n) is 2.51. The van der Waals surface area contributed by atoms with Gasteiger partial charge < -0.3 is 9.73 Å². The summed E-state index contributed by atoms with van der Waals surface area (Å²) in [5, 5.41) is 4.37. The Morgan fingerprint density at radius 3 is 2.86 bits per heavy atom. The Morgan fingerprint density at radius 2 is 2.14 bits per heavy atom. The number of para-hydroxylation sites is 1. The van der Waals surface area contributed by atoms with Gasteiger partial charge in [-0.15, -0.1) is 0 Å². The number of fused-ring (bicyclic) bond motifs is 1. The third-order valence-corrected chi connectivity index (χ3v) is 2.51. The molecule has 0 saturated carbocycles. The fraction of sp³-hybridized carbons (Fsp3) is 0.333. The van der Waals surface area contributed by atoms with Gasteiger partial charge in [0.05, 0.1) is 6.26 Å². The highest BCUT2D eigenvalue weighted by Gasteiger charge is 2.07. The Kier molecular flexibility index (Phi) is 2.55. The molecular formula is C12H15NO. The van der Waals surface area contributed by atoms with E-state index in [1.165, 1.54) is 16.5 Å². The molecule has 1 aromatic heterocycles. The summed E-state index contributed by atoms with van der Waals surface area (Å²) in [6.07, 6.45) is 2.87. The Bertz CT molecular complexity index is 431. The molecule has 0 aliphatic rings. The lowest BCUT2D eigenvalue weighted by Gasteiger charge is -1.98. The standard InChI is InChI=1S/C12H15NO/c1-3-9-5-4-6-11-10(7-13-2)8-14-12(9)11/h4-6,8,13H,3,7H2,1-2H3. The molecule has 0 aliphatic heterocycles. The molecule has 0 aliphatic carbocycles. The highest BCUT2D eigenvalue weighted by Crippen LogP contribution is 2.24. The number of benzene rings is 1. The second kappa shape index (κ2) is 3.84. The van der Waals surface area contributed by atoms with Gasteiger partial charge in [-0.2, -0.15) is 0 Å². The molecule has 14 heavy (non-hydrogen) atoms. The van der Waals surface area contributed by atoms with Gasteiger partial charge in [-0.05, 0) is 19.0 Å². The van der Waals surface area contributed by atoms with Crippen LogP contribution in [0.1, 0.15) is 18.1 Å². The van der Waals surface area contributed by atoms with E-state index in [1.807, 2.05) is 13.3 Å². The first-order valence-electron chi connectivity index (χ1n) is 4.99. The van der Waals surface area contributed by atoms with Gasteiger partial charge in [-0.1, -0.05) is 25.1 Å². The fourth-order valence-corrected chi connectivity index (χ4v) is 1.78. The molecule has 0 atom stereocenters. The second-order valence-corrected chi connectivity index (χ2v) is 3.44. The molecule has 1 N–H and O–H groups in total. The van der Waals surface area contributed by atoms with Gasteiger partial charge in [0.2, 0.25) is 0 Å². The maximum atomic E-state index is 5.58. The van der Waals surface area contributed by atoms with Crippen molar-refractivity contribution in [3.8, 4) is 0 Å². The Hall–Kier alpha value is -1.28. The van der Waals surface area contributed by atoms with Crippen LogP contribution in [-0.2, 0) is 13.0 Å². The highest BCUT2D eigenvalue weighted by atomic mass is 16.3. The maximum Gasteiger partial charge on any atom is 0.137 e. The number of aryl methyl sites for hydroxylation is 1. The lowest BCUT2D eigenvalue weighted by molar-refractivity contribution is 0.603. The minimum atomic E-state index is 0.861. The molecule has 74 valence electrons. The molecule has 0 spiro atoms. The lowest BCUT2D eigenvalue weighted by Crippen LogP contribution is -2.03. The highest BCUT2D eigenvalue weighted by molar-refractivity contribution is 5.83. The van der Waals surface area contributed by atoms with Gasteiger partial charge in [0.15, 0.2) is 0 Å². The van der Waals surface area contributed by atoms with Gasteiger partial charge >= 0.3 is 0 Å². The zero-order chi connectivity index (χ0) is 9.97. The van der Waals surface area contributed by atoms with Crippen molar-refractivity contribution in [2.24, 2.45) is 0 Å². The van der Waals surface area contributed by atoms with Crippen LogP contribution in [0.3, 0.4) is 0 Å². The van der Waals surface area contributed by atoms with E-state index < -0.39 is 0 Å². The number of rotatable bonds is 3. The van der Waals surface area contributed by atoms with E-state index in [9.17, 15) is 0 Å². The smallest absolute Gasteiger partial charge is 0.137 e. The van der Waals surface area contributed by atoms with E-state index >= 15 is 0 Å². The summed E-state index contributed by atoms with van der Waals surface area (Å²) in [5.74, 6) is 0. The van der Waals surface area contributed by atoms with Crippen LogP contribution in [0.4, 0.5) is 0 Å². The molecule has 0 fully saturated rings. The molecular weight excluding hydrogens is 174 g/mol. The quantitative estimate of drug-likeness (QED) is 0.803. The second-order valence-electron chi connectivity index (χ2n) is 3.44. The minimum Gasteiger partial charge on any atom is -0.464 e. The summed E-state index contributed by atoms with van der Waals surface area (Å²) in [6, 6.07) is 6.33. The van der Waals surface area contributed by atoms with Gasteiger partial charge in [0.1, 0.15) is 5.58 Å². The van der Waals surface area contributed by atoms with Crippen LogP contribution in [0, 0.1) is 0 Å². The molecule has 0 bridgehead atoms. The van der Waals surface area contributed by atoms with Crippen molar-refractivity contribution in [1.29, 1.82) is 0 Å². The van der Waals surface area contributed by atoms with Crippen LogP contribution >= 0.6 is 0 Å². The number of furan rings is 1. The van der Waals surface area contributed by atoms with Crippen molar-refractivity contribution >= 4 is 11.0 Å². The zero-order valence-corrected chi connectivity index (χ0v) is 8.63. The Morgan fingerprint density at radius 1 is 1.29 bits per heavy atom. The predicted octanol–water partition coefficient (Wildman–Crippen LogP) is 2.71. The first kappa shape index (κ1) is 9.28. The van der Waals surface area contributed by atoms with Crippen molar-refractivity contribution in [3.63, 3.8) is 0 Å². The predicted molar refractivity (Wildman–Crippen MR) is 58.4 cm³/mol. The number of hydrogen-bond acceptors (Lipinski definition) is 2. The van der Waals surface area contributed by atoms with E-state index in [-0.39, 0.29) is 0 Å². The molecule has 2 nitrogen and oxygen atoms in total. The molecule has 1 heterocycles. The fourth-order valence-electron chi connectivity index (χ4n) is 1.78. The average molecular weight is 189 g/mol. The van der Waals surface area contributed by atoms with Crippen molar-refractivity contribution in [1.82, 2.24) is 5.32 Å². The Labute approximate surface area is 83.9 Å². The molecule has 2 rings (SSSR count). The third kappa shape index (κ3) is 1.42. The van der Waals surface area contributed by atoms with Crippen LogP contribution in [0.15, 0.2) is 28.9 Å². The van der Waals surface area contributed by atoms with Crippen LogP contribution in [-0.4, -0.2) is 7.05 Å². The van der Waals surface area contributed by atoms with Gasteiger partial charge in [-0.3, -0.25) is 0 Å². The van der Waals surface area contributed by atoms with Gasteiger partial charge in [0, 0.05) is 17.5 Å². The molecule has 2 heteroatoms.